The molecule has 142 valence electrons. The highest BCUT2D eigenvalue weighted by molar-refractivity contribution is 9.10. The zero-order valence-corrected chi connectivity index (χ0v) is 17.3. The van der Waals surface area contributed by atoms with Gasteiger partial charge in [0.25, 0.3) is 0 Å². The number of hydrogen-bond donors (Lipinski definition) is 1. The zero-order chi connectivity index (χ0) is 19.2. The third kappa shape index (κ3) is 5.12. The second kappa shape index (κ2) is 9.25. The van der Waals surface area contributed by atoms with Crippen LogP contribution in [0.15, 0.2) is 45.8 Å². The van der Waals surface area contributed by atoms with Gasteiger partial charge >= 0.3 is 0 Å². The van der Waals surface area contributed by atoms with Crippen molar-refractivity contribution in [3.63, 3.8) is 0 Å². The predicted molar refractivity (Wildman–Crippen MR) is 103 cm³/mol. The van der Waals surface area contributed by atoms with Crippen LogP contribution in [0, 0.1) is 0 Å². The number of methoxy groups -OCH3 is 1. The minimum atomic E-state index is -3.75. The van der Waals surface area contributed by atoms with Gasteiger partial charge in [-0.2, -0.15) is 0 Å². The Morgan fingerprint density at radius 3 is 2.27 bits per heavy atom. The van der Waals surface area contributed by atoms with Crippen LogP contribution in [0.25, 0.3) is 0 Å². The van der Waals surface area contributed by atoms with Crippen LogP contribution in [0.4, 0.5) is 0 Å². The maximum absolute atomic E-state index is 12.6. The van der Waals surface area contributed by atoms with Gasteiger partial charge in [0.1, 0.15) is 10.6 Å². The number of sulfonamides is 1. The van der Waals surface area contributed by atoms with Gasteiger partial charge in [-0.3, -0.25) is 0 Å². The lowest BCUT2D eigenvalue weighted by molar-refractivity contribution is 0.287. The number of benzene rings is 2. The summed E-state index contributed by atoms with van der Waals surface area (Å²) in [6.45, 7) is 4.90. The fourth-order valence-corrected chi connectivity index (χ4v) is 4.05. The second-order valence-corrected chi connectivity index (χ2v) is 7.92. The standard InChI is InChI=1S/C18H22BrNO5S/c1-4-24-15-8-6-13(10-17(15)25-5-2)12-20-26(21,22)18-11-14(19)7-9-16(18)23-3/h6-11,20H,4-5,12H2,1-3H3. The monoisotopic (exact) mass is 443 g/mol. The molecule has 2 aromatic rings. The van der Waals surface area contributed by atoms with Gasteiger partial charge in [0.15, 0.2) is 11.5 Å². The average molecular weight is 444 g/mol. The van der Waals surface area contributed by atoms with Gasteiger partial charge in [-0.1, -0.05) is 22.0 Å². The van der Waals surface area contributed by atoms with Gasteiger partial charge in [0.2, 0.25) is 10.0 Å². The molecule has 0 aliphatic carbocycles. The molecule has 0 heterocycles. The van der Waals surface area contributed by atoms with E-state index in [9.17, 15) is 8.42 Å². The summed E-state index contributed by atoms with van der Waals surface area (Å²) in [5, 5.41) is 0. The highest BCUT2D eigenvalue weighted by Gasteiger charge is 2.20. The van der Waals surface area contributed by atoms with E-state index in [-0.39, 0.29) is 17.2 Å². The van der Waals surface area contributed by atoms with Crippen molar-refractivity contribution in [3.8, 4) is 17.2 Å². The molecular formula is C18H22BrNO5S. The molecule has 0 fully saturated rings. The SMILES string of the molecule is CCOc1ccc(CNS(=O)(=O)c2cc(Br)ccc2OC)cc1OCC. The fraction of sp³-hybridized carbons (Fsp3) is 0.333. The third-order valence-corrected chi connectivity index (χ3v) is 5.41. The zero-order valence-electron chi connectivity index (χ0n) is 14.9. The first-order valence-corrected chi connectivity index (χ1v) is 10.4. The summed E-state index contributed by atoms with van der Waals surface area (Å²) in [6, 6.07) is 10.2. The van der Waals surface area contributed by atoms with E-state index in [4.69, 9.17) is 14.2 Å². The quantitative estimate of drug-likeness (QED) is 0.638. The molecule has 0 radical (unpaired) electrons. The van der Waals surface area contributed by atoms with E-state index in [0.717, 1.165) is 5.56 Å². The summed E-state index contributed by atoms with van der Waals surface area (Å²) in [7, 11) is -2.31. The average Bonchev–Trinajstić information content (AvgIpc) is 2.62. The van der Waals surface area contributed by atoms with Crippen molar-refractivity contribution in [1.82, 2.24) is 4.72 Å². The summed E-state index contributed by atoms with van der Waals surface area (Å²) < 4.78 is 44.8. The van der Waals surface area contributed by atoms with E-state index < -0.39 is 10.0 Å². The molecular weight excluding hydrogens is 422 g/mol. The first-order chi connectivity index (χ1) is 12.4. The van der Waals surface area contributed by atoms with Crippen molar-refractivity contribution in [2.24, 2.45) is 0 Å². The second-order valence-electron chi connectivity index (χ2n) is 5.27. The van der Waals surface area contributed by atoms with E-state index in [0.29, 0.717) is 29.2 Å². The topological polar surface area (TPSA) is 73.9 Å². The molecule has 0 atom stereocenters. The number of rotatable bonds is 9. The maximum Gasteiger partial charge on any atom is 0.244 e. The van der Waals surface area contributed by atoms with Crippen molar-refractivity contribution in [3.05, 3.63) is 46.4 Å². The third-order valence-electron chi connectivity index (χ3n) is 3.49. The number of halogens is 1. The van der Waals surface area contributed by atoms with Gasteiger partial charge in [-0.25, -0.2) is 13.1 Å². The van der Waals surface area contributed by atoms with Crippen LogP contribution in [-0.4, -0.2) is 28.7 Å². The maximum atomic E-state index is 12.6. The number of ether oxygens (including phenoxy) is 3. The lowest BCUT2D eigenvalue weighted by Crippen LogP contribution is -2.23. The molecule has 0 spiro atoms. The Labute approximate surface area is 162 Å². The van der Waals surface area contributed by atoms with Crippen LogP contribution < -0.4 is 18.9 Å². The highest BCUT2D eigenvalue weighted by atomic mass is 79.9. The summed E-state index contributed by atoms with van der Waals surface area (Å²) in [5.74, 6) is 1.50. The molecule has 2 rings (SSSR count). The number of nitrogens with one attached hydrogen (secondary N) is 1. The molecule has 0 bridgehead atoms. The van der Waals surface area contributed by atoms with Crippen molar-refractivity contribution < 1.29 is 22.6 Å². The van der Waals surface area contributed by atoms with E-state index in [1.54, 1.807) is 30.3 Å². The lowest BCUT2D eigenvalue weighted by Gasteiger charge is -2.14. The predicted octanol–water partition coefficient (Wildman–Crippen LogP) is 3.73. The van der Waals surface area contributed by atoms with Crippen LogP contribution in [0.2, 0.25) is 0 Å². The summed E-state index contributed by atoms with van der Waals surface area (Å²) >= 11 is 3.29. The van der Waals surface area contributed by atoms with Crippen LogP contribution >= 0.6 is 15.9 Å². The molecule has 0 aliphatic heterocycles. The summed E-state index contributed by atoms with van der Waals surface area (Å²) in [4.78, 5) is 0.0744. The Morgan fingerprint density at radius 2 is 1.62 bits per heavy atom. The highest BCUT2D eigenvalue weighted by Crippen LogP contribution is 2.30. The smallest absolute Gasteiger partial charge is 0.244 e. The Balaban J connectivity index is 2.22. The fourth-order valence-electron chi connectivity index (χ4n) is 2.32. The molecule has 26 heavy (non-hydrogen) atoms. The van der Waals surface area contributed by atoms with Gasteiger partial charge in [-0.05, 0) is 49.7 Å². The minimum Gasteiger partial charge on any atom is -0.495 e. The van der Waals surface area contributed by atoms with Gasteiger partial charge in [0.05, 0.1) is 20.3 Å². The van der Waals surface area contributed by atoms with Crippen molar-refractivity contribution in [2.75, 3.05) is 20.3 Å². The first-order valence-electron chi connectivity index (χ1n) is 8.13. The molecule has 0 aromatic heterocycles. The molecule has 0 saturated carbocycles. The Hall–Kier alpha value is -1.77. The Kier molecular flexibility index (Phi) is 7.31. The van der Waals surface area contributed by atoms with Crippen LogP contribution in [-0.2, 0) is 16.6 Å². The molecule has 0 aliphatic rings. The van der Waals surface area contributed by atoms with Crippen molar-refractivity contribution in [2.45, 2.75) is 25.3 Å². The number of hydrogen-bond acceptors (Lipinski definition) is 5. The van der Waals surface area contributed by atoms with Crippen LogP contribution in [0.3, 0.4) is 0 Å². The largest absolute Gasteiger partial charge is 0.495 e. The molecule has 0 saturated heterocycles. The summed E-state index contributed by atoms with van der Waals surface area (Å²) in [6.07, 6.45) is 0. The minimum absolute atomic E-state index is 0.0744. The van der Waals surface area contributed by atoms with Gasteiger partial charge in [-0.15, -0.1) is 0 Å². The molecule has 2 aromatic carbocycles. The van der Waals surface area contributed by atoms with Crippen LogP contribution in [0.5, 0.6) is 17.2 Å². The van der Waals surface area contributed by atoms with E-state index >= 15 is 0 Å². The molecule has 0 amide bonds. The van der Waals surface area contributed by atoms with Crippen LogP contribution in [0.1, 0.15) is 19.4 Å². The van der Waals surface area contributed by atoms with E-state index in [1.165, 1.54) is 13.2 Å². The Morgan fingerprint density at radius 1 is 0.962 bits per heavy atom. The van der Waals surface area contributed by atoms with Gasteiger partial charge < -0.3 is 14.2 Å². The van der Waals surface area contributed by atoms with E-state index in [1.807, 2.05) is 13.8 Å². The Bertz CT molecular complexity index is 855. The van der Waals surface area contributed by atoms with Crippen molar-refractivity contribution >= 4 is 26.0 Å². The molecule has 1 N–H and O–H groups in total. The van der Waals surface area contributed by atoms with E-state index in [2.05, 4.69) is 20.7 Å². The summed E-state index contributed by atoms with van der Waals surface area (Å²) in [5.41, 5.74) is 0.759. The molecule has 6 nitrogen and oxygen atoms in total. The van der Waals surface area contributed by atoms with Gasteiger partial charge in [0, 0.05) is 11.0 Å². The lowest BCUT2D eigenvalue weighted by atomic mass is 10.2. The first kappa shape index (κ1) is 20.5. The molecule has 0 unspecified atom stereocenters. The molecule has 8 heteroatoms. The normalized spacial score (nSPS) is 11.2. The van der Waals surface area contributed by atoms with Crippen molar-refractivity contribution in [1.29, 1.82) is 0 Å².